The first-order chi connectivity index (χ1) is 6.56. The van der Waals surface area contributed by atoms with Crippen LogP contribution in [0.1, 0.15) is 11.8 Å². The zero-order valence-corrected chi connectivity index (χ0v) is 8.57. The Morgan fingerprint density at radius 1 is 1.50 bits per heavy atom. The van der Waals surface area contributed by atoms with Crippen molar-refractivity contribution < 1.29 is 10.2 Å². The van der Waals surface area contributed by atoms with Crippen LogP contribution in [0.4, 0.5) is 5.82 Å². The monoisotopic (exact) mass is 237 g/mol. The summed E-state index contributed by atoms with van der Waals surface area (Å²) < 4.78 is 0. The van der Waals surface area contributed by atoms with E-state index < -0.39 is 12.2 Å². The second-order valence-electron chi connectivity index (χ2n) is 2.63. The van der Waals surface area contributed by atoms with Crippen LogP contribution in [0.3, 0.4) is 0 Å². The highest BCUT2D eigenvalue weighted by Gasteiger charge is 2.22. The minimum atomic E-state index is -1.28. The number of aliphatic hydroxyl groups is 2. The predicted octanol–water partition coefficient (Wildman–Crippen LogP) is 0.345. The van der Waals surface area contributed by atoms with E-state index >= 15 is 0 Å². The van der Waals surface area contributed by atoms with Crippen molar-refractivity contribution in [3.8, 4) is 0 Å². The first-order valence-electron chi connectivity index (χ1n) is 3.76. The Labute approximate surface area is 90.5 Å². The molecule has 1 aromatic heterocycles. The molecule has 1 aromatic rings. The number of aliphatic hydroxyl groups excluding tert-OH is 2. The third kappa shape index (κ3) is 2.45. The zero-order chi connectivity index (χ0) is 10.7. The number of alkyl halides is 1. The highest BCUT2D eigenvalue weighted by atomic mass is 35.5. The number of halogens is 2. The molecule has 0 spiro atoms. The number of aromatic nitrogens is 2. The Bertz CT molecular complexity index is 324. The molecule has 0 aromatic carbocycles. The second kappa shape index (κ2) is 4.75. The van der Waals surface area contributed by atoms with E-state index in [1.807, 2.05) is 0 Å². The number of nitrogen functional groups attached to an aromatic ring is 1. The molecule has 0 bridgehead atoms. The first kappa shape index (κ1) is 11.5. The molecule has 0 saturated heterocycles. The molecule has 4 N–H and O–H groups in total. The summed E-state index contributed by atoms with van der Waals surface area (Å²) in [7, 11) is 0. The molecule has 1 rings (SSSR count). The van der Waals surface area contributed by atoms with Crippen LogP contribution in [0.5, 0.6) is 0 Å². The number of hydrogen-bond donors (Lipinski definition) is 3. The van der Waals surface area contributed by atoms with Crippen LogP contribution >= 0.6 is 23.2 Å². The molecule has 0 aliphatic heterocycles. The maximum atomic E-state index is 9.52. The van der Waals surface area contributed by atoms with Gasteiger partial charge in [-0.2, -0.15) is 0 Å². The molecular weight excluding hydrogens is 229 g/mol. The summed E-state index contributed by atoms with van der Waals surface area (Å²) in [6, 6.07) is 0. The topological polar surface area (TPSA) is 92.3 Å². The Kier molecular flexibility index (Phi) is 3.88. The fourth-order valence-electron chi connectivity index (χ4n) is 0.874. The number of hydrogen-bond acceptors (Lipinski definition) is 5. The van der Waals surface area contributed by atoms with E-state index in [-0.39, 0.29) is 22.5 Å². The van der Waals surface area contributed by atoms with E-state index in [2.05, 4.69) is 9.97 Å². The van der Waals surface area contributed by atoms with Crippen molar-refractivity contribution in [1.29, 1.82) is 0 Å². The molecule has 0 fully saturated rings. The molecule has 0 saturated carbocycles. The van der Waals surface area contributed by atoms with Crippen LogP contribution in [-0.4, -0.2) is 32.2 Å². The lowest BCUT2D eigenvalue weighted by Gasteiger charge is -2.15. The average Bonchev–Trinajstić information content (AvgIpc) is 2.19. The lowest BCUT2D eigenvalue weighted by Crippen LogP contribution is -2.22. The van der Waals surface area contributed by atoms with Gasteiger partial charge in [0, 0.05) is 0 Å². The fourth-order valence-corrected chi connectivity index (χ4v) is 1.18. The largest absolute Gasteiger partial charge is 0.389 e. The van der Waals surface area contributed by atoms with Gasteiger partial charge in [-0.3, -0.25) is 0 Å². The van der Waals surface area contributed by atoms with Gasteiger partial charge in [0.15, 0.2) is 0 Å². The lowest BCUT2D eigenvalue weighted by atomic mass is 10.1. The summed E-state index contributed by atoms with van der Waals surface area (Å²) in [6.45, 7) is 0. The van der Waals surface area contributed by atoms with Crippen molar-refractivity contribution in [3.63, 3.8) is 0 Å². The van der Waals surface area contributed by atoms with Crippen LogP contribution in [0.15, 0.2) is 6.20 Å². The minimum Gasteiger partial charge on any atom is -0.389 e. The van der Waals surface area contributed by atoms with Crippen molar-refractivity contribution in [1.82, 2.24) is 9.97 Å². The van der Waals surface area contributed by atoms with Crippen molar-refractivity contribution in [2.75, 3.05) is 11.6 Å². The summed E-state index contributed by atoms with van der Waals surface area (Å²) in [5.41, 5.74) is 5.47. The second-order valence-corrected chi connectivity index (χ2v) is 3.33. The molecule has 0 amide bonds. The van der Waals surface area contributed by atoms with E-state index in [9.17, 15) is 10.2 Å². The molecule has 7 heteroatoms. The molecule has 5 nitrogen and oxygen atoms in total. The maximum Gasteiger partial charge on any atom is 0.148 e. The normalized spacial score (nSPS) is 15.1. The van der Waals surface area contributed by atoms with Crippen molar-refractivity contribution in [2.45, 2.75) is 12.2 Å². The Hall–Kier alpha value is -0.620. The number of nitrogens with two attached hydrogens (primary N) is 1. The fraction of sp³-hybridized carbons (Fsp3) is 0.429. The van der Waals surface area contributed by atoms with Gasteiger partial charge in [0.1, 0.15) is 22.8 Å². The van der Waals surface area contributed by atoms with Crippen LogP contribution in [0, 0.1) is 0 Å². The summed E-state index contributed by atoms with van der Waals surface area (Å²) >= 11 is 10.9. The van der Waals surface area contributed by atoms with E-state index in [0.717, 1.165) is 0 Å². The zero-order valence-electron chi connectivity index (χ0n) is 7.06. The third-order valence-electron chi connectivity index (χ3n) is 1.60. The van der Waals surface area contributed by atoms with Gasteiger partial charge >= 0.3 is 0 Å². The highest BCUT2D eigenvalue weighted by Crippen LogP contribution is 2.21. The van der Waals surface area contributed by atoms with Gasteiger partial charge in [-0.1, -0.05) is 11.6 Å². The first-order valence-corrected chi connectivity index (χ1v) is 4.67. The van der Waals surface area contributed by atoms with Crippen LogP contribution in [0.2, 0.25) is 5.15 Å². The van der Waals surface area contributed by atoms with Crippen LogP contribution < -0.4 is 5.73 Å². The molecule has 2 unspecified atom stereocenters. The molecule has 14 heavy (non-hydrogen) atoms. The average molecular weight is 238 g/mol. The van der Waals surface area contributed by atoms with Gasteiger partial charge in [-0.15, -0.1) is 11.6 Å². The molecule has 1 heterocycles. The van der Waals surface area contributed by atoms with Gasteiger partial charge in [0.25, 0.3) is 0 Å². The molecular formula is C7H9Cl2N3O2. The molecule has 2 atom stereocenters. The summed E-state index contributed by atoms with van der Waals surface area (Å²) in [4.78, 5) is 7.44. The van der Waals surface area contributed by atoms with Crippen molar-refractivity contribution in [3.05, 3.63) is 17.0 Å². The SMILES string of the molecule is Nc1ncc(Cl)nc1C(O)C(O)CCl. The van der Waals surface area contributed by atoms with E-state index in [4.69, 9.17) is 28.9 Å². The van der Waals surface area contributed by atoms with Crippen molar-refractivity contribution >= 4 is 29.0 Å². The van der Waals surface area contributed by atoms with E-state index in [1.165, 1.54) is 6.20 Å². The Morgan fingerprint density at radius 2 is 2.14 bits per heavy atom. The van der Waals surface area contributed by atoms with Gasteiger partial charge < -0.3 is 15.9 Å². The van der Waals surface area contributed by atoms with Gasteiger partial charge in [0.2, 0.25) is 0 Å². The van der Waals surface area contributed by atoms with Crippen molar-refractivity contribution in [2.24, 2.45) is 0 Å². The van der Waals surface area contributed by atoms with Gasteiger partial charge in [-0.05, 0) is 0 Å². The number of anilines is 1. The summed E-state index contributed by atoms with van der Waals surface area (Å²) in [6.07, 6.45) is -1.18. The lowest BCUT2D eigenvalue weighted by molar-refractivity contribution is 0.0303. The molecule has 0 aliphatic carbocycles. The standard InChI is InChI=1S/C7H9Cl2N3O2/c8-1-3(13)6(14)5-7(10)11-2-4(9)12-5/h2-3,6,13-14H,1H2,(H2,10,11). The summed E-state index contributed by atoms with van der Waals surface area (Å²) in [5.74, 6) is -0.111. The minimum absolute atomic E-state index is 0.0195. The maximum absolute atomic E-state index is 9.52. The summed E-state index contributed by atoms with van der Waals surface area (Å²) in [5, 5.41) is 18.9. The highest BCUT2D eigenvalue weighted by molar-refractivity contribution is 6.29. The smallest absolute Gasteiger partial charge is 0.148 e. The Morgan fingerprint density at radius 3 is 2.71 bits per heavy atom. The van der Waals surface area contributed by atoms with E-state index in [0.29, 0.717) is 0 Å². The number of nitrogens with zero attached hydrogens (tertiary/aromatic N) is 2. The van der Waals surface area contributed by atoms with Gasteiger partial charge in [0.05, 0.1) is 18.2 Å². The molecule has 78 valence electrons. The quantitative estimate of drug-likeness (QED) is 0.660. The molecule has 0 radical (unpaired) electrons. The number of rotatable bonds is 3. The third-order valence-corrected chi connectivity index (χ3v) is 2.10. The van der Waals surface area contributed by atoms with Gasteiger partial charge in [-0.25, -0.2) is 9.97 Å². The predicted molar refractivity (Wildman–Crippen MR) is 53.1 cm³/mol. The Balaban J connectivity index is 2.99. The van der Waals surface area contributed by atoms with Crippen LogP contribution in [-0.2, 0) is 0 Å². The molecule has 0 aliphatic rings. The van der Waals surface area contributed by atoms with Crippen LogP contribution in [0.25, 0.3) is 0 Å². The van der Waals surface area contributed by atoms with E-state index in [1.54, 1.807) is 0 Å².